The molecular formula is C48H45Cl5N8O8. The number of rotatable bonds is 21. The van der Waals surface area contributed by atoms with Crippen LogP contribution in [0.3, 0.4) is 0 Å². The third-order valence-corrected chi connectivity index (χ3v) is 11.0. The fourth-order valence-electron chi connectivity index (χ4n) is 6.74. The second-order valence-electron chi connectivity index (χ2n) is 15.0. The first-order valence-corrected chi connectivity index (χ1v) is 23.1. The van der Waals surface area contributed by atoms with Crippen LogP contribution in [0.4, 0.5) is 34.1 Å². The number of aryl methyl sites for hydroxylation is 2. The Labute approximate surface area is 422 Å². The monoisotopic (exact) mass is 1040 g/mol. The van der Waals surface area contributed by atoms with Gasteiger partial charge >= 0.3 is 0 Å². The highest BCUT2D eigenvalue weighted by Crippen LogP contribution is 2.34. The quantitative estimate of drug-likeness (QED) is 0.0314. The molecule has 69 heavy (non-hydrogen) atoms. The molecule has 21 heteroatoms. The fourth-order valence-corrected chi connectivity index (χ4v) is 7.79. The zero-order valence-corrected chi connectivity index (χ0v) is 41.4. The second kappa shape index (κ2) is 25.3. The first-order valence-electron chi connectivity index (χ1n) is 20.9. The molecule has 5 aromatic carbocycles. The van der Waals surface area contributed by atoms with Crippen molar-refractivity contribution in [3.05, 3.63) is 129 Å². The van der Waals surface area contributed by atoms with Gasteiger partial charge in [-0.15, -0.1) is 34.8 Å². The van der Waals surface area contributed by atoms with Crippen LogP contribution in [-0.2, 0) is 32.0 Å². The summed E-state index contributed by atoms with van der Waals surface area (Å²) in [5.74, 6) is -2.50. The van der Waals surface area contributed by atoms with Gasteiger partial charge in [0.2, 0.25) is 12.1 Å². The van der Waals surface area contributed by atoms with Crippen LogP contribution in [-0.4, -0.2) is 73.3 Å². The van der Waals surface area contributed by atoms with Crippen molar-refractivity contribution < 1.29 is 38.2 Å². The topological polar surface area (TPSA) is 218 Å². The number of carbonyl (C=O) groups is 6. The van der Waals surface area contributed by atoms with Gasteiger partial charge in [-0.2, -0.15) is 20.5 Å². The summed E-state index contributed by atoms with van der Waals surface area (Å²) in [4.78, 5) is 79.1. The van der Waals surface area contributed by atoms with Gasteiger partial charge in [0.15, 0.2) is 11.6 Å². The first-order chi connectivity index (χ1) is 33.0. The lowest BCUT2D eigenvalue weighted by molar-refractivity contribution is -0.127. The van der Waals surface area contributed by atoms with E-state index in [1.807, 2.05) is 12.1 Å². The summed E-state index contributed by atoms with van der Waals surface area (Å²) >= 11 is 31.1. The number of Topliss-reactive ketones (excluding diaryl/α,β-unsaturated/α-hetero) is 2. The summed E-state index contributed by atoms with van der Waals surface area (Å²) in [6.45, 7) is 3.93. The molecule has 360 valence electrons. The molecule has 0 heterocycles. The van der Waals surface area contributed by atoms with Crippen LogP contribution in [0.15, 0.2) is 111 Å². The number of hydrogen-bond donors (Lipinski definition) is 4. The van der Waals surface area contributed by atoms with Gasteiger partial charge in [0.25, 0.3) is 23.6 Å². The van der Waals surface area contributed by atoms with Crippen molar-refractivity contribution in [1.82, 2.24) is 0 Å². The number of carbonyl (C=O) groups excluding carboxylic acids is 6. The highest BCUT2D eigenvalue weighted by Gasteiger charge is 2.27. The van der Waals surface area contributed by atoms with E-state index >= 15 is 0 Å². The van der Waals surface area contributed by atoms with Crippen molar-refractivity contribution in [2.75, 3.05) is 47.2 Å². The Bertz CT molecular complexity index is 2820. The fraction of sp³-hybridized carbons (Fsp3) is 0.250. The number of amides is 4. The van der Waals surface area contributed by atoms with Gasteiger partial charge in [-0.1, -0.05) is 47.5 Å². The number of ether oxygens (including phenoxy) is 2. The number of benzene rings is 5. The Balaban J connectivity index is 1.29. The van der Waals surface area contributed by atoms with Gasteiger partial charge in [0.1, 0.15) is 11.5 Å². The van der Waals surface area contributed by atoms with Crippen LogP contribution in [0.2, 0.25) is 10.0 Å². The van der Waals surface area contributed by atoms with Gasteiger partial charge in [-0.05, 0) is 117 Å². The average Bonchev–Trinajstić information content (AvgIpc) is 3.29. The molecule has 0 saturated heterocycles. The van der Waals surface area contributed by atoms with Crippen LogP contribution >= 0.6 is 58.0 Å². The van der Waals surface area contributed by atoms with E-state index in [9.17, 15) is 28.8 Å². The number of hydrogen-bond acceptors (Lipinski definition) is 12. The number of anilines is 4. The number of para-hydroxylation sites is 2. The largest absolute Gasteiger partial charge is 0.494 e. The van der Waals surface area contributed by atoms with Gasteiger partial charge < -0.3 is 30.7 Å². The third kappa shape index (κ3) is 14.5. The van der Waals surface area contributed by atoms with E-state index in [1.165, 1.54) is 68.8 Å². The van der Waals surface area contributed by atoms with Crippen molar-refractivity contribution in [3.8, 4) is 11.5 Å². The third-order valence-electron chi connectivity index (χ3n) is 9.96. The van der Waals surface area contributed by atoms with Crippen LogP contribution in [0.1, 0.15) is 63.6 Å². The SMILES string of the molecule is COc1c(CCCl)cccc1NC(=O)c1cc(Cl)cc(N=NC(C(C)=O)C(=O)Nc2ccc(NC(=O)C(N=Nc3cc(Cl)cc(C(=O)Nc4cccc(CCCl)c4OC)c3)C(C)=O)c(C(C)Cl)c2)c1. The first kappa shape index (κ1) is 53.5. The van der Waals surface area contributed by atoms with Crippen molar-refractivity contribution in [3.63, 3.8) is 0 Å². The molecule has 4 amide bonds. The highest BCUT2D eigenvalue weighted by atomic mass is 35.5. The molecule has 0 saturated carbocycles. The molecular weight excluding hydrogens is 994 g/mol. The molecule has 0 radical (unpaired) electrons. The van der Waals surface area contributed by atoms with E-state index < -0.39 is 52.7 Å². The van der Waals surface area contributed by atoms with E-state index in [1.54, 1.807) is 31.2 Å². The molecule has 0 aromatic heterocycles. The lowest BCUT2D eigenvalue weighted by atomic mass is 10.1. The van der Waals surface area contributed by atoms with Crippen LogP contribution < -0.4 is 30.7 Å². The van der Waals surface area contributed by atoms with E-state index in [2.05, 4.69) is 41.7 Å². The smallest absolute Gasteiger partial charge is 0.258 e. The van der Waals surface area contributed by atoms with E-state index in [4.69, 9.17) is 67.5 Å². The Kier molecular flexibility index (Phi) is 19.6. The van der Waals surface area contributed by atoms with Crippen molar-refractivity contribution in [1.29, 1.82) is 0 Å². The lowest BCUT2D eigenvalue weighted by Crippen LogP contribution is -2.32. The summed E-state index contributed by atoms with van der Waals surface area (Å²) in [6, 6.07) is 20.0. The Morgan fingerprint density at radius 3 is 1.43 bits per heavy atom. The van der Waals surface area contributed by atoms with Gasteiger partial charge in [-0.25, -0.2) is 0 Å². The Morgan fingerprint density at radius 2 is 1.03 bits per heavy atom. The predicted molar refractivity (Wildman–Crippen MR) is 270 cm³/mol. The average molecular weight is 1040 g/mol. The molecule has 4 N–H and O–H groups in total. The summed E-state index contributed by atoms with van der Waals surface area (Å²) in [7, 11) is 2.96. The molecule has 0 aliphatic rings. The number of halogens is 5. The summed E-state index contributed by atoms with van der Waals surface area (Å²) in [5.41, 5.74) is 3.47. The molecule has 3 unspecified atom stereocenters. The highest BCUT2D eigenvalue weighted by molar-refractivity contribution is 6.32. The molecule has 0 fully saturated rings. The van der Waals surface area contributed by atoms with E-state index in [0.29, 0.717) is 53.0 Å². The number of nitrogens with zero attached hydrogens (tertiary/aromatic N) is 4. The molecule has 3 atom stereocenters. The molecule has 5 aromatic rings. The van der Waals surface area contributed by atoms with Crippen LogP contribution in [0.25, 0.3) is 0 Å². The number of methoxy groups -OCH3 is 2. The molecule has 5 rings (SSSR count). The van der Waals surface area contributed by atoms with E-state index in [-0.39, 0.29) is 43.9 Å². The summed E-state index contributed by atoms with van der Waals surface area (Å²) < 4.78 is 11.0. The molecule has 0 bridgehead atoms. The minimum absolute atomic E-state index is 0.0791. The predicted octanol–water partition coefficient (Wildman–Crippen LogP) is 11.7. The normalized spacial score (nSPS) is 12.5. The maximum atomic E-state index is 13.6. The van der Waals surface area contributed by atoms with Crippen LogP contribution in [0.5, 0.6) is 11.5 Å². The van der Waals surface area contributed by atoms with Crippen molar-refractivity contribution in [2.45, 2.75) is 51.1 Å². The standard InChI is InChI=1S/C48H45Cl5N8O8/c1-25(51)37-24-34(54-47(66)41(26(2)62)60-58-35-20-30(18-32(52)22-35)45(64)56-39-10-6-8-28(14-16-49)43(39)68-4)12-13-38(37)55-48(67)42(27(3)63)61-59-36-21-31(19-33(53)23-36)46(65)57-40-11-7-9-29(15-17-50)44(40)69-5/h6-13,18-25,41-42H,14-17H2,1-5H3,(H,54,66)(H,55,67)(H,56,64)(H,57,65). The summed E-state index contributed by atoms with van der Waals surface area (Å²) in [5, 5.41) is 26.5. The van der Waals surface area contributed by atoms with Gasteiger partial charge in [0.05, 0.1) is 42.3 Å². The van der Waals surface area contributed by atoms with Crippen LogP contribution in [0, 0.1) is 0 Å². The van der Waals surface area contributed by atoms with Gasteiger partial charge in [0, 0.05) is 44.3 Å². The summed E-state index contributed by atoms with van der Waals surface area (Å²) in [6.07, 6.45) is 1.03. The number of ketones is 2. The molecule has 16 nitrogen and oxygen atoms in total. The Morgan fingerprint density at radius 1 is 0.580 bits per heavy atom. The maximum absolute atomic E-state index is 13.6. The zero-order valence-electron chi connectivity index (χ0n) is 37.7. The number of nitrogens with one attached hydrogen (secondary N) is 4. The number of azo groups is 2. The number of alkyl halides is 3. The minimum atomic E-state index is -1.64. The maximum Gasteiger partial charge on any atom is 0.258 e. The van der Waals surface area contributed by atoms with Gasteiger partial charge in [-0.3, -0.25) is 28.8 Å². The second-order valence-corrected chi connectivity index (χ2v) is 17.3. The van der Waals surface area contributed by atoms with E-state index in [0.717, 1.165) is 25.0 Å². The molecule has 0 aliphatic heterocycles. The molecule has 0 aliphatic carbocycles. The van der Waals surface area contributed by atoms with Crippen molar-refractivity contribution in [2.24, 2.45) is 20.5 Å². The lowest BCUT2D eigenvalue weighted by Gasteiger charge is -2.17. The minimum Gasteiger partial charge on any atom is -0.494 e. The van der Waals surface area contributed by atoms with Crippen molar-refractivity contribution >= 4 is 127 Å². The molecule has 0 spiro atoms. The zero-order chi connectivity index (χ0) is 50.4. The Hall–Kier alpha value is -6.43.